The SMILES string of the molecule is N#Cc1c(F)cccc1-c1cccc2c1NC(=NCc1nccs1)NS2(O)O. The number of rotatable bonds is 3. The Morgan fingerprint density at radius 2 is 2.00 bits per heavy atom. The second-order valence-corrected chi connectivity index (χ2v) is 8.54. The molecule has 0 aliphatic carbocycles. The highest BCUT2D eigenvalue weighted by atomic mass is 32.3. The first kappa shape index (κ1) is 18.4. The molecule has 1 aliphatic heterocycles. The van der Waals surface area contributed by atoms with Crippen molar-refractivity contribution in [2.45, 2.75) is 11.4 Å². The third-order valence-electron chi connectivity index (χ3n) is 4.09. The Balaban J connectivity index is 1.81. The molecule has 0 saturated heterocycles. The van der Waals surface area contributed by atoms with E-state index in [1.54, 1.807) is 30.5 Å². The van der Waals surface area contributed by atoms with Gasteiger partial charge < -0.3 is 5.32 Å². The van der Waals surface area contributed by atoms with Crippen molar-refractivity contribution in [1.82, 2.24) is 9.71 Å². The maximum atomic E-state index is 14.1. The maximum Gasteiger partial charge on any atom is 0.215 e. The fourth-order valence-electron chi connectivity index (χ4n) is 2.87. The van der Waals surface area contributed by atoms with E-state index in [-0.39, 0.29) is 23.0 Å². The molecular formula is C18H14FN5O2S2. The number of nitriles is 1. The molecular weight excluding hydrogens is 401 g/mol. The zero-order valence-electron chi connectivity index (χ0n) is 14.3. The highest BCUT2D eigenvalue weighted by molar-refractivity contribution is 8.23. The van der Waals surface area contributed by atoms with Gasteiger partial charge in [0.25, 0.3) is 0 Å². The predicted octanol–water partition coefficient (Wildman–Crippen LogP) is 4.42. The Bertz CT molecular complexity index is 1110. The first-order valence-electron chi connectivity index (χ1n) is 8.07. The molecule has 0 spiro atoms. The van der Waals surface area contributed by atoms with Gasteiger partial charge >= 0.3 is 0 Å². The number of aliphatic imine (C=N–C) groups is 1. The third kappa shape index (κ3) is 3.32. The molecule has 0 fully saturated rings. The average Bonchev–Trinajstić information content (AvgIpc) is 3.19. The number of thiazole rings is 1. The van der Waals surface area contributed by atoms with Crippen LogP contribution in [0.3, 0.4) is 0 Å². The van der Waals surface area contributed by atoms with Crippen LogP contribution in [0.25, 0.3) is 11.1 Å². The highest BCUT2D eigenvalue weighted by Gasteiger charge is 2.30. The van der Waals surface area contributed by atoms with Crippen LogP contribution in [0.1, 0.15) is 10.6 Å². The summed E-state index contributed by atoms with van der Waals surface area (Å²) >= 11 is 1.43. The van der Waals surface area contributed by atoms with E-state index >= 15 is 0 Å². The summed E-state index contributed by atoms with van der Waals surface area (Å²) in [7, 11) is -3.38. The van der Waals surface area contributed by atoms with E-state index in [1.807, 2.05) is 11.4 Å². The number of halogens is 1. The third-order valence-corrected chi connectivity index (χ3v) is 6.28. The zero-order valence-corrected chi connectivity index (χ0v) is 15.9. The fourth-order valence-corrected chi connectivity index (χ4v) is 4.62. The van der Waals surface area contributed by atoms with E-state index in [0.29, 0.717) is 16.8 Å². The molecule has 0 unspecified atom stereocenters. The first-order chi connectivity index (χ1) is 13.5. The van der Waals surface area contributed by atoms with E-state index in [1.165, 1.54) is 23.5 Å². The van der Waals surface area contributed by atoms with E-state index < -0.39 is 16.6 Å². The molecule has 4 rings (SSSR count). The van der Waals surface area contributed by atoms with Crippen molar-refractivity contribution in [3.05, 3.63) is 64.4 Å². The van der Waals surface area contributed by atoms with Crippen LogP contribution in [-0.2, 0) is 6.54 Å². The Morgan fingerprint density at radius 3 is 2.75 bits per heavy atom. The number of nitrogens with one attached hydrogen (secondary N) is 2. The summed E-state index contributed by atoms with van der Waals surface area (Å²) in [6, 6.07) is 11.0. The molecule has 0 bridgehead atoms. The molecule has 142 valence electrons. The van der Waals surface area contributed by atoms with E-state index in [9.17, 15) is 18.8 Å². The van der Waals surface area contributed by atoms with Crippen molar-refractivity contribution in [1.29, 1.82) is 5.26 Å². The van der Waals surface area contributed by atoms with Crippen LogP contribution in [-0.4, -0.2) is 20.0 Å². The lowest BCUT2D eigenvalue weighted by Gasteiger charge is -2.40. The average molecular weight is 415 g/mol. The molecule has 1 aromatic heterocycles. The second kappa shape index (κ2) is 7.21. The van der Waals surface area contributed by atoms with Crippen molar-refractivity contribution in [3.63, 3.8) is 0 Å². The Morgan fingerprint density at radius 1 is 1.21 bits per heavy atom. The van der Waals surface area contributed by atoms with Gasteiger partial charge in [0.1, 0.15) is 21.8 Å². The standard InChI is InChI=1S/C18H14FN5O2S2/c19-14-5-1-3-11(13(14)9-20)12-4-2-6-15-17(12)23-18(24-28(15,25)26)22-10-16-21-7-8-27-16/h1-8,25-26H,10H2,(H2,22,23,24). The van der Waals surface area contributed by atoms with Crippen LogP contribution >= 0.6 is 22.1 Å². The number of fused-ring (bicyclic) bond motifs is 1. The maximum absolute atomic E-state index is 14.1. The van der Waals surface area contributed by atoms with Crippen LogP contribution in [0.2, 0.25) is 0 Å². The quantitative estimate of drug-likeness (QED) is 0.504. The number of para-hydroxylation sites is 1. The van der Waals surface area contributed by atoms with Gasteiger partial charge in [0.15, 0.2) is 0 Å². The molecule has 10 heteroatoms. The highest BCUT2D eigenvalue weighted by Crippen LogP contribution is 2.53. The first-order valence-corrected chi connectivity index (χ1v) is 10.5. The zero-order chi connectivity index (χ0) is 19.7. The lowest BCUT2D eigenvalue weighted by Crippen LogP contribution is -2.38. The molecule has 0 atom stereocenters. The monoisotopic (exact) mass is 415 g/mol. The van der Waals surface area contributed by atoms with Crippen molar-refractivity contribution in [2.24, 2.45) is 4.99 Å². The van der Waals surface area contributed by atoms with Crippen LogP contribution in [0.15, 0.2) is 57.9 Å². The number of nitrogens with zero attached hydrogens (tertiary/aromatic N) is 3. The largest absolute Gasteiger partial charge is 0.323 e. The summed E-state index contributed by atoms with van der Waals surface area (Å²) < 4.78 is 37.8. The summed E-state index contributed by atoms with van der Waals surface area (Å²) in [5, 5.41) is 15.0. The number of hydrogen-bond donors (Lipinski definition) is 4. The van der Waals surface area contributed by atoms with Gasteiger partial charge in [-0.3, -0.25) is 9.11 Å². The van der Waals surface area contributed by atoms with Crippen molar-refractivity contribution >= 4 is 33.8 Å². The van der Waals surface area contributed by atoms with Crippen LogP contribution in [0, 0.1) is 17.1 Å². The van der Waals surface area contributed by atoms with Gasteiger partial charge in [-0.05, 0) is 12.1 Å². The predicted molar refractivity (Wildman–Crippen MR) is 108 cm³/mol. The van der Waals surface area contributed by atoms with Crippen LogP contribution < -0.4 is 10.0 Å². The molecule has 28 heavy (non-hydrogen) atoms. The topological polar surface area (TPSA) is 114 Å². The fraction of sp³-hybridized carbons (Fsp3) is 0.0556. The minimum absolute atomic E-state index is 0.117. The molecule has 3 aromatic rings. The molecule has 4 N–H and O–H groups in total. The van der Waals surface area contributed by atoms with Gasteiger partial charge in [-0.25, -0.2) is 19.1 Å². The van der Waals surface area contributed by atoms with Crippen molar-refractivity contribution in [3.8, 4) is 17.2 Å². The van der Waals surface area contributed by atoms with Gasteiger partial charge in [0.05, 0.1) is 17.8 Å². The van der Waals surface area contributed by atoms with Gasteiger partial charge in [-0.2, -0.15) is 5.26 Å². The van der Waals surface area contributed by atoms with Crippen LogP contribution in [0.5, 0.6) is 0 Å². The Labute approximate surface area is 165 Å². The lowest BCUT2D eigenvalue weighted by molar-refractivity contribution is 0.480. The smallest absolute Gasteiger partial charge is 0.215 e. The number of guanidine groups is 1. The Hall–Kier alpha value is -2.97. The molecule has 7 nitrogen and oxygen atoms in total. The van der Waals surface area contributed by atoms with E-state index in [2.05, 4.69) is 20.0 Å². The summed E-state index contributed by atoms with van der Waals surface area (Å²) in [5.41, 5.74) is 1.07. The lowest BCUT2D eigenvalue weighted by atomic mass is 9.98. The number of hydrogen-bond acceptors (Lipinski definition) is 6. The minimum atomic E-state index is -3.38. The molecule has 1 aliphatic rings. The molecule has 0 saturated carbocycles. The summed E-state index contributed by atoms with van der Waals surface area (Å²) in [4.78, 5) is 8.67. The molecule has 2 heterocycles. The number of benzene rings is 2. The van der Waals surface area contributed by atoms with Gasteiger partial charge in [0, 0.05) is 22.7 Å². The second-order valence-electron chi connectivity index (χ2n) is 5.82. The summed E-state index contributed by atoms with van der Waals surface area (Å²) in [5.74, 6) is -0.485. The number of anilines is 1. The molecule has 2 aromatic carbocycles. The van der Waals surface area contributed by atoms with Gasteiger partial charge in [-0.15, -0.1) is 11.3 Å². The van der Waals surface area contributed by atoms with Crippen molar-refractivity contribution in [2.75, 3.05) is 5.32 Å². The Kier molecular flexibility index (Phi) is 4.74. The molecule has 0 radical (unpaired) electrons. The summed E-state index contributed by atoms with van der Waals surface area (Å²) in [6.07, 6.45) is 1.66. The van der Waals surface area contributed by atoms with Gasteiger partial charge in [-0.1, -0.05) is 35.0 Å². The minimum Gasteiger partial charge on any atom is -0.323 e. The van der Waals surface area contributed by atoms with Gasteiger partial charge in [0.2, 0.25) is 5.96 Å². The number of aromatic nitrogens is 1. The van der Waals surface area contributed by atoms with Crippen molar-refractivity contribution < 1.29 is 13.5 Å². The molecule has 0 amide bonds. The van der Waals surface area contributed by atoms with E-state index in [4.69, 9.17) is 0 Å². The van der Waals surface area contributed by atoms with E-state index in [0.717, 1.165) is 5.01 Å². The normalized spacial score (nSPS) is 17.1. The summed E-state index contributed by atoms with van der Waals surface area (Å²) in [6.45, 7) is 0.253. The van der Waals surface area contributed by atoms with Crippen LogP contribution in [0.4, 0.5) is 10.1 Å².